The Bertz CT molecular complexity index is 278. The molecule has 0 aliphatic heterocycles. The van der Waals surface area contributed by atoms with Crippen LogP contribution in [-0.2, 0) is 18.1 Å². The van der Waals surface area contributed by atoms with Crippen LogP contribution in [-0.4, -0.2) is 35.4 Å². The number of phosphoric ester groups is 1. The summed E-state index contributed by atoms with van der Waals surface area (Å²) in [6.45, 7) is 14.2. The van der Waals surface area contributed by atoms with Crippen LogP contribution in [0.1, 0.15) is 0 Å². The third-order valence-corrected chi connectivity index (χ3v) is 7.52. The zero-order valence-electron chi connectivity index (χ0n) is 13.0. The molecular weight excluding hydrogens is 319 g/mol. The Kier molecular flexibility index (Phi) is 8.68. The van der Waals surface area contributed by atoms with Crippen molar-refractivity contribution in [1.82, 2.24) is 0 Å². The van der Waals surface area contributed by atoms with Gasteiger partial charge in [0.15, 0.2) is 0 Å². The van der Waals surface area contributed by atoms with E-state index in [1.807, 2.05) is 0 Å². The Morgan fingerprint density at radius 2 is 1.21 bits per heavy atom. The van der Waals surface area contributed by atoms with E-state index in [-0.39, 0.29) is 6.07 Å². The first-order valence-corrected chi connectivity index (χ1v) is 16.0. The molecule has 0 aliphatic rings. The summed E-state index contributed by atoms with van der Waals surface area (Å²) < 4.78 is 27.9. The summed E-state index contributed by atoms with van der Waals surface area (Å²) in [6, 6.07) is 1.65. The highest BCUT2D eigenvalue weighted by atomic mass is 35.5. The zero-order valence-corrected chi connectivity index (χ0v) is 16.6. The molecule has 0 fully saturated rings. The fourth-order valence-corrected chi connectivity index (χ4v) is 4.20. The second-order valence-electron chi connectivity index (χ2n) is 6.97. The smallest absolute Gasteiger partial charge is 0.287 e. The largest absolute Gasteiger partial charge is 0.475 e. The average molecular weight is 347 g/mol. The van der Waals surface area contributed by atoms with E-state index in [1.165, 1.54) is 0 Å². The average Bonchev–Trinajstić information content (AvgIpc) is 2.13. The molecule has 0 saturated carbocycles. The standard InChI is InChI=1S/C11H28ClO4PSi2/c1-18(2,3)9-7-14-17(13,16-11-12)15-8-10-19(4,5)6/h7-11H2,1-6H3. The molecule has 0 amide bonds. The Morgan fingerprint density at radius 1 is 0.842 bits per heavy atom. The van der Waals surface area contributed by atoms with Crippen LogP contribution in [0.25, 0.3) is 0 Å². The van der Waals surface area contributed by atoms with Crippen LogP contribution in [0.15, 0.2) is 0 Å². The van der Waals surface area contributed by atoms with Crippen molar-refractivity contribution in [3.63, 3.8) is 0 Å². The van der Waals surface area contributed by atoms with E-state index in [0.29, 0.717) is 13.2 Å². The summed E-state index contributed by atoms with van der Waals surface area (Å²) in [5.41, 5.74) is 0. The van der Waals surface area contributed by atoms with Crippen molar-refractivity contribution >= 4 is 35.6 Å². The van der Waals surface area contributed by atoms with Crippen LogP contribution < -0.4 is 0 Å². The summed E-state index contributed by atoms with van der Waals surface area (Å²) in [5.74, 6) is 0. The zero-order chi connectivity index (χ0) is 15.2. The maximum atomic E-state index is 12.3. The maximum absolute atomic E-state index is 12.3. The number of alkyl halides is 1. The molecule has 0 atom stereocenters. The third kappa shape index (κ3) is 12.3. The second-order valence-corrected chi connectivity index (χ2v) is 20.1. The first kappa shape index (κ1) is 19.8. The van der Waals surface area contributed by atoms with Crippen molar-refractivity contribution in [3.8, 4) is 0 Å². The summed E-state index contributed by atoms with van der Waals surface area (Å²) >= 11 is 5.49. The van der Waals surface area contributed by atoms with Gasteiger partial charge in [-0.2, -0.15) is 0 Å². The molecule has 0 bridgehead atoms. The summed E-state index contributed by atoms with van der Waals surface area (Å²) in [7, 11) is -5.93. The quantitative estimate of drug-likeness (QED) is 0.316. The minimum absolute atomic E-state index is 0.183. The molecule has 19 heavy (non-hydrogen) atoms. The molecule has 4 nitrogen and oxygen atoms in total. The lowest BCUT2D eigenvalue weighted by molar-refractivity contribution is 0.135. The molecule has 0 N–H and O–H groups in total. The number of halogens is 1. The lowest BCUT2D eigenvalue weighted by Crippen LogP contribution is -2.22. The Balaban J connectivity index is 4.23. The number of hydrogen-bond acceptors (Lipinski definition) is 4. The highest BCUT2D eigenvalue weighted by Crippen LogP contribution is 2.50. The fraction of sp³-hybridized carbons (Fsp3) is 1.00. The van der Waals surface area contributed by atoms with Gasteiger partial charge in [-0.1, -0.05) is 50.9 Å². The van der Waals surface area contributed by atoms with Crippen LogP contribution in [0.5, 0.6) is 0 Å². The minimum Gasteiger partial charge on any atom is -0.287 e. The molecule has 116 valence electrons. The van der Waals surface area contributed by atoms with Gasteiger partial charge < -0.3 is 0 Å². The molecule has 0 unspecified atom stereocenters. The Morgan fingerprint density at radius 3 is 1.47 bits per heavy atom. The van der Waals surface area contributed by atoms with E-state index in [1.54, 1.807) is 0 Å². The van der Waals surface area contributed by atoms with Gasteiger partial charge in [-0.05, 0) is 12.1 Å². The van der Waals surface area contributed by atoms with Crippen molar-refractivity contribution in [2.24, 2.45) is 0 Å². The Labute approximate surface area is 124 Å². The van der Waals surface area contributed by atoms with E-state index >= 15 is 0 Å². The van der Waals surface area contributed by atoms with E-state index in [9.17, 15) is 4.57 Å². The molecule has 0 saturated heterocycles. The second kappa shape index (κ2) is 8.32. The number of phosphoric acid groups is 1. The predicted octanol–water partition coefficient (Wildman–Crippen LogP) is 5.02. The van der Waals surface area contributed by atoms with Gasteiger partial charge in [-0.3, -0.25) is 13.6 Å². The minimum atomic E-state index is -3.48. The SMILES string of the molecule is C[Si](C)(C)CCOP(=O)(OCCl)OCC[Si](C)(C)C. The lowest BCUT2D eigenvalue weighted by Gasteiger charge is -2.21. The van der Waals surface area contributed by atoms with Gasteiger partial charge >= 0.3 is 7.82 Å². The maximum Gasteiger partial charge on any atom is 0.475 e. The first-order valence-electron chi connectivity index (χ1n) is 6.57. The predicted molar refractivity (Wildman–Crippen MR) is 87.6 cm³/mol. The van der Waals surface area contributed by atoms with E-state index < -0.39 is 24.0 Å². The van der Waals surface area contributed by atoms with Gasteiger partial charge in [-0.25, -0.2) is 4.57 Å². The molecule has 0 aromatic heterocycles. The first-order chi connectivity index (χ1) is 8.47. The van der Waals surface area contributed by atoms with E-state index in [0.717, 1.165) is 12.1 Å². The van der Waals surface area contributed by atoms with Gasteiger partial charge in [0.25, 0.3) is 0 Å². The van der Waals surface area contributed by atoms with Crippen molar-refractivity contribution in [3.05, 3.63) is 0 Å². The monoisotopic (exact) mass is 346 g/mol. The van der Waals surface area contributed by atoms with Gasteiger partial charge in [0.1, 0.15) is 6.07 Å². The van der Waals surface area contributed by atoms with Crippen LogP contribution in [0, 0.1) is 0 Å². The van der Waals surface area contributed by atoms with Gasteiger partial charge in [0.05, 0.1) is 13.2 Å². The van der Waals surface area contributed by atoms with Gasteiger partial charge in [-0.15, -0.1) is 0 Å². The number of rotatable bonds is 10. The summed E-state index contributed by atoms with van der Waals surface area (Å²) in [4.78, 5) is 0. The number of hydrogen-bond donors (Lipinski definition) is 0. The third-order valence-electron chi connectivity index (χ3n) is 2.41. The molecule has 0 radical (unpaired) electrons. The fourth-order valence-electron chi connectivity index (χ4n) is 1.10. The van der Waals surface area contributed by atoms with Crippen LogP contribution in [0.4, 0.5) is 0 Å². The van der Waals surface area contributed by atoms with Crippen LogP contribution in [0.2, 0.25) is 51.4 Å². The molecular formula is C11H28ClO4PSi2. The Hall–Kier alpha value is 0.834. The van der Waals surface area contributed by atoms with E-state index in [2.05, 4.69) is 39.3 Å². The molecule has 8 heteroatoms. The van der Waals surface area contributed by atoms with Gasteiger partial charge in [0.2, 0.25) is 0 Å². The van der Waals surface area contributed by atoms with Crippen molar-refractivity contribution in [2.75, 3.05) is 19.3 Å². The van der Waals surface area contributed by atoms with Crippen molar-refractivity contribution in [2.45, 2.75) is 51.4 Å². The highest BCUT2D eigenvalue weighted by Gasteiger charge is 2.28. The molecule has 0 heterocycles. The molecule has 0 spiro atoms. The molecule has 0 aliphatic carbocycles. The molecule has 0 aromatic rings. The summed E-state index contributed by atoms with van der Waals surface area (Å²) in [6.07, 6.45) is 0. The van der Waals surface area contributed by atoms with Crippen LogP contribution in [0.3, 0.4) is 0 Å². The van der Waals surface area contributed by atoms with E-state index in [4.69, 9.17) is 25.2 Å². The van der Waals surface area contributed by atoms with Gasteiger partial charge in [0, 0.05) is 16.1 Å². The molecule has 0 aromatic carbocycles. The normalized spacial score (nSPS) is 13.8. The van der Waals surface area contributed by atoms with Crippen molar-refractivity contribution < 1.29 is 18.1 Å². The topological polar surface area (TPSA) is 44.8 Å². The highest BCUT2D eigenvalue weighted by molar-refractivity contribution is 7.48. The van der Waals surface area contributed by atoms with Crippen LogP contribution >= 0.6 is 19.4 Å². The molecule has 0 rings (SSSR count). The lowest BCUT2D eigenvalue weighted by atomic mass is 10.9. The van der Waals surface area contributed by atoms with Crippen molar-refractivity contribution in [1.29, 1.82) is 0 Å². The summed E-state index contributed by atoms with van der Waals surface area (Å²) in [5, 5.41) is 0.